The average molecular weight is 291 g/mol. The molecule has 7 nitrogen and oxygen atoms in total. The van der Waals surface area contributed by atoms with Crippen molar-refractivity contribution in [3.8, 4) is 17.7 Å². The number of nitriles is 1. The highest BCUT2D eigenvalue weighted by molar-refractivity contribution is 6.31. The number of aromatic nitrogens is 2. The maximum absolute atomic E-state index is 10.9. The highest BCUT2D eigenvalue weighted by Gasteiger charge is 2.23. The molecule has 0 aliphatic carbocycles. The Morgan fingerprint density at radius 1 is 1.35 bits per heavy atom. The summed E-state index contributed by atoms with van der Waals surface area (Å²) in [5, 5.41) is 19.2. The number of ether oxygens (including phenoxy) is 1. The molecule has 0 amide bonds. The molecule has 0 aliphatic rings. The Balaban J connectivity index is 2.28. The lowest BCUT2D eigenvalue weighted by molar-refractivity contribution is -0.386. The molecule has 0 bridgehead atoms. The van der Waals surface area contributed by atoms with Crippen molar-refractivity contribution in [2.24, 2.45) is 0 Å². The van der Waals surface area contributed by atoms with Gasteiger partial charge in [0.15, 0.2) is 0 Å². The van der Waals surface area contributed by atoms with Gasteiger partial charge >= 0.3 is 11.6 Å². The van der Waals surface area contributed by atoms with E-state index in [1.54, 1.807) is 24.3 Å². The number of nitrogens with zero attached hydrogens (tertiary/aromatic N) is 4. The van der Waals surface area contributed by atoms with Crippen LogP contribution >= 0.6 is 11.6 Å². The van der Waals surface area contributed by atoms with Crippen LogP contribution in [0.5, 0.6) is 11.6 Å². The largest absolute Gasteiger partial charge is 0.434 e. The summed E-state index contributed by atoms with van der Waals surface area (Å²) in [6.07, 6.45) is 1.36. The third-order valence-electron chi connectivity index (χ3n) is 2.35. The number of halogens is 1. The predicted molar refractivity (Wildman–Crippen MR) is 69.5 cm³/mol. The van der Waals surface area contributed by atoms with Crippen LogP contribution in [0.25, 0.3) is 0 Å². The summed E-state index contributed by atoms with van der Waals surface area (Å²) in [5.74, 6) is 0.118. The highest BCUT2D eigenvalue weighted by Crippen LogP contribution is 2.33. The van der Waals surface area contributed by atoms with E-state index in [1.807, 2.05) is 6.07 Å². The maximum atomic E-state index is 10.9. The fraction of sp³-hybridized carbons (Fsp3) is 0.0833. The predicted octanol–water partition coefficient (Wildman–Crippen LogP) is 2.90. The Morgan fingerprint density at radius 3 is 2.65 bits per heavy atom. The first-order valence-corrected chi connectivity index (χ1v) is 5.78. The molecular formula is C12H7ClN4O3. The van der Waals surface area contributed by atoms with Gasteiger partial charge in [0.2, 0.25) is 5.15 Å². The highest BCUT2D eigenvalue weighted by atomic mass is 35.5. The van der Waals surface area contributed by atoms with E-state index in [-0.39, 0.29) is 17.5 Å². The molecule has 0 aliphatic heterocycles. The molecule has 0 spiro atoms. The zero-order chi connectivity index (χ0) is 14.5. The van der Waals surface area contributed by atoms with E-state index in [0.717, 1.165) is 11.9 Å². The van der Waals surface area contributed by atoms with E-state index in [9.17, 15) is 10.1 Å². The monoisotopic (exact) mass is 290 g/mol. The van der Waals surface area contributed by atoms with Gasteiger partial charge in [0.05, 0.1) is 17.4 Å². The molecule has 0 atom stereocenters. The van der Waals surface area contributed by atoms with Crippen LogP contribution in [0.3, 0.4) is 0 Å². The summed E-state index contributed by atoms with van der Waals surface area (Å²) >= 11 is 5.65. The average Bonchev–Trinajstić information content (AvgIpc) is 2.41. The van der Waals surface area contributed by atoms with Gasteiger partial charge in [-0.05, 0) is 17.7 Å². The molecule has 2 rings (SSSR count). The molecule has 0 saturated heterocycles. The fourth-order valence-corrected chi connectivity index (χ4v) is 1.64. The van der Waals surface area contributed by atoms with Gasteiger partial charge in [-0.3, -0.25) is 10.1 Å². The van der Waals surface area contributed by atoms with Gasteiger partial charge in [-0.1, -0.05) is 23.7 Å². The number of hydrogen-bond donors (Lipinski definition) is 0. The van der Waals surface area contributed by atoms with E-state index in [2.05, 4.69) is 9.97 Å². The zero-order valence-electron chi connectivity index (χ0n) is 9.99. The Morgan fingerprint density at radius 2 is 2.05 bits per heavy atom. The van der Waals surface area contributed by atoms with Gasteiger partial charge in [0.25, 0.3) is 0 Å². The standard InChI is InChI=1S/C12H7ClN4O3/c13-11-10(17(18)19)12(16-7-15-11)20-9-3-1-8(2-4-9)5-6-14/h1-4,7H,5H2. The van der Waals surface area contributed by atoms with Crippen molar-refractivity contribution in [1.82, 2.24) is 9.97 Å². The molecular weight excluding hydrogens is 284 g/mol. The minimum Gasteiger partial charge on any atom is -0.434 e. The van der Waals surface area contributed by atoms with Crippen molar-refractivity contribution in [3.63, 3.8) is 0 Å². The first kappa shape index (κ1) is 13.7. The van der Waals surface area contributed by atoms with Crippen molar-refractivity contribution in [1.29, 1.82) is 5.26 Å². The lowest BCUT2D eigenvalue weighted by Crippen LogP contribution is -1.98. The second-order valence-electron chi connectivity index (χ2n) is 3.66. The maximum Gasteiger partial charge on any atom is 0.368 e. The third-order valence-corrected chi connectivity index (χ3v) is 2.62. The molecule has 1 aromatic carbocycles. The van der Waals surface area contributed by atoms with E-state index in [0.29, 0.717) is 5.75 Å². The summed E-state index contributed by atoms with van der Waals surface area (Å²) in [6, 6.07) is 8.57. The number of hydrogen-bond acceptors (Lipinski definition) is 6. The van der Waals surface area contributed by atoms with Crippen LogP contribution in [-0.4, -0.2) is 14.9 Å². The van der Waals surface area contributed by atoms with Gasteiger partial charge in [0, 0.05) is 0 Å². The van der Waals surface area contributed by atoms with Gasteiger partial charge in [0.1, 0.15) is 12.1 Å². The van der Waals surface area contributed by atoms with E-state index in [1.165, 1.54) is 0 Å². The van der Waals surface area contributed by atoms with Crippen molar-refractivity contribution in [3.05, 3.63) is 51.4 Å². The number of nitro groups is 1. The van der Waals surface area contributed by atoms with Crippen LogP contribution in [0.2, 0.25) is 5.15 Å². The van der Waals surface area contributed by atoms with Crippen molar-refractivity contribution >= 4 is 17.3 Å². The molecule has 0 fully saturated rings. The summed E-state index contributed by atoms with van der Waals surface area (Å²) in [5.41, 5.74) is 0.324. The first-order chi connectivity index (χ1) is 9.61. The SMILES string of the molecule is N#CCc1ccc(Oc2ncnc(Cl)c2[N+](=O)[O-])cc1. The van der Waals surface area contributed by atoms with E-state index < -0.39 is 10.6 Å². The Labute approximate surface area is 118 Å². The Kier molecular flexibility index (Phi) is 4.08. The normalized spacial score (nSPS) is 9.80. The van der Waals surface area contributed by atoms with Gasteiger partial charge in [-0.15, -0.1) is 0 Å². The fourth-order valence-electron chi connectivity index (χ4n) is 1.45. The Hall–Kier alpha value is -2.72. The quantitative estimate of drug-likeness (QED) is 0.487. The molecule has 2 aromatic rings. The molecule has 0 unspecified atom stereocenters. The van der Waals surface area contributed by atoms with Crippen molar-refractivity contribution in [2.45, 2.75) is 6.42 Å². The smallest absolute Gasteiger partial charge is 0.368 e. The molecule has 100 valence electrons. The van der Waals surface area contributed by atoms with Gasteiger partial charge < -0.3 is 4.74 Å². The van der Waals surface area contributed by atoms with Gasteiger partial charge in [-0.25, -0.2) is 4.98 Å². The minimum atomic E-state index is -0.707. The van der Waals surface area contributed by atoms with E-state index in [4.69, 9.17) is 21.6 Å². The molecule has 0 radical (unpaired) electrons. The number of rotatable bonds is 4. The second-order valence-corrected chi connectivity index (χ2v) is 4.01. The van der Waals surface area contributed by atoms with Crippen molar-refractivity contribution < 1.29 is 9.66 Å². The number of benzene rings is 1. The Bertz CT molecular complexity index is 682. The topological polar surface area (TPSA) is 102 Å². The lowest BCUT2D eigenvalue weighted by Gasteiger charge is -2.05. The first-order valence-electron chi connectivity index (χ1n) is 5.40. The van der Waals surface area contributed by atoms with Crippen LogP contribution in [0.1, 0.15) is 5.56 Å². The third kappa shape index (κ3) is 2.99. The molecule has 1 aromatic heterocycles. The zero-order valence-corrected chi connectivity index (χ0v) is 10.7. The molecule has 8 heteroatoms. The summed E-state index contributed by atoms with van der Waals surface area (Å²) < 4.78 is 5.32. The second kappa shape index (κ2) is 5.95. The lowest BCUT2D eigenvalue weighted by atomic mass is 10.2. The summed E-state index contributed by atoms with van der Waals surface area (Å²) in [7, 11) is 0. The van der Waals surface area contributed by atoms with E-state index >= 15 is 0 Å². The summed E-state index contributed by atoms with van der Waals surface area (Å²) in [4.78, 5) is 17.4. The van der Waals surface area contributed by atoms with Crippen LogP contribution in [0.4, 0.5) is 5.69 Å². The van der Waals surface area contributed by atoms with Gasteiger partial charge in [-0.2, -0.15) is 10.2 Å². The summed E-state index contributed by atoms with van der Waals surface area (Å²) in [6.45, 7) is 0. The van der Waals surface area contributed by atoms with Crippen molar-refractivity contribution in [2.75, 3.05) is 0 Å². The molecule has 1 heterocycles. The molecule has 20 heavy (non-hydrogen) atoms. The van der Waals surface area contributed by atoms with Crippen LogP contribution in [0.15, 0.2) is 30.6 Å². The van der Waals surface area contributed by atoms with Crippen LogP contribution < -0.4 is 4.74 Å². The molecule has 0 saturated carbocycles. The minimum absolute atomic E-state index is 0.233. The van der Waals surface area contributed by atoms with Crippen LogP contribution in [0, 0.1) is 21.4 Å². The van der Waals surface area contributed by atoms with Crippen LogP contribution in [-0.2, 0) is 6.42 Å². The molecule has 0 N–H and O–H groups in total.